The van der Waals surface area contributed by atoms with Gasteiger partial charge in [-0.1, -0.05) is 143 Å². The number of ether oxygens (including phenoxy) is 2. The molecule has 47 heavy (non-hydrogen) atoms. The Morgan fingerprint density at radius 3 is 1.40 bits per heavy atom. The molecule has 0 aromatic heterocycles. The first-order chi connectivity index (χ1) is 23.0. The summed E-state index contributed by atoms with van der Waals surface area (Å²) < 4.78 is 11.3. The summed E-state index contributed by atoms with van der Waals surface area (Å²) >= 11 is 0. The van der Waals surface area contributed by atoms with Crippen molar-refractivity contribution in [1.82, 2.24) is 4.90 Å². The second kappa shape index (κ2) is 36.1. The lowest BCUT2D eigenvalue weighted by Crippen LogP contribution is -2.29. The Labute approximate surface area is 292 Å². The second-order valence-electron chi connectivity index (χ2n) is 14.5. The molecule has 0 aliphatic carbocycles. The van der Waals surface area contributed by atoms with Crippen molar-refractivity contribution >= 4 is 11.9 Å². The largest absolute Gasteiger partial charge is 0.465 e. The van der Waals surface area contributed by atoms with Gasteiger partial charge in [0.05, 0.1) is 19.8 Å². The molecule has 6 heteroatoms. The van der Waals surface area contributed by atoms with E-state index in [1.54, 1.807) is 0 Å². The topological polar surface area (TPSA) is 76.1 Å². The summed E-state index contributed by atoms with van der Waals surface area (Å²) in [7, 11) is 0. The summed E-state index contributed by atoms with van der Waals surface area (Å²) in [5.41, 5.74) is 0. The summed E-state index contributed by atoms with van der Waals surface area (Å²) in [6.45, 7) is 12.8. The lowest BCUT2D eigenvalue weighted by atomic mass is 9.95. The molecular weight excluding hydrogens is 586 g/mol. The Balaban J connectivity index is 4.02. The fourth-order valence-electron chi connectivity index (χ4n) is 6.37. The van der Waals surface area contributed by atoms with Crippen LogP contribution >= 0.6 is 0 Å². The number of nitrogens with zero attached hydrogens (tertiary/aromatic N) is 1. The average molecular weight is 668 g/mol. The molecule has 2 unspecified atom stereocenters. The van der Waals surface area contributed by atoms with Crippen LogP contribution in [0.5, 0.6) is 0 Å². The van der Waals surface area contributed by atoms with Gasteiger partial charge in [0.25, 0.3) is 0 Å². The molecule has 0 amide bonds. The Bertz CT molecular complexity index is 672. The minimum atomic E-state index is -0.0640. The van der Waals surface area contributed by atoms with Gasteiger partial charge in [0.1, 0.15) is 0 Å². The minimum Gasteiger partial charge on any atom is -0.465 e. The summed E-state index contributed by atoms with van der Waals surface area (Å²) in [4.78, 5) is 27.0. The van der Waals surface area contributed by atoms with E-state index in [4.69, 9.17) is 9.47 Å². The van der Waals surface area contributed by atoms with E-state index in [1.807, 2.05) is 0 Å². The van der Waals surface area contributed by atoms with Crippen molar-refractivity contribution in [2.45, 2.75) is 201 Å². The number of carbonyl (C=O) groups excluding carboxylic acids is 2. The molecule has 0 saturated carbocycles. The van der Waals surface area contributed by atoms with E-state index in [1.165, 1.54) is 116 Å². The van der Waals surface area contributed by atoms with E-state index in [2.05, 4.69) is 32.6 Å². The summed E-state index contributed by atoms with van der Waals surface area (Å²) in [5.74, 6) is 0.860. The van der Waals surface area contributed by atoms with Gasteiger partial charge >= 0.3 is 11.9 Å². The van der Waals surface area contributed by atoms with E-state index in [9.17, 15) is 14.7 Å². The van der Waals surface area contributed by atoms with Gasteiger partial charge < -0.3 is 19.5 Å². The first-order valence-corrected chi connectivity index (χ1v) is 20.6. The van der Waals surface area contributed by atoms with Gasteiger partial charge in [-0.2, -0.15) is 0 Å². The molecule has 2 atom stereocenters. The van der Waals surface area contributed by atoms with Crippen molar-refractivity contribution in [1.29, 1.82) is 0 Å². The molecule has 0 aromatic rings. The Morgan fingerprint density at radius 2 is 0.915 bits per heavy atom. The normalized spacial score (nSPS) is 12.8. The average Bonchev–Trinajstić information content (AvgIpc) is 3.06. The molecular formula is C41H81NO5. The van der Waals surface area contributed by atoms with Crippen molar-refractivity contribution < 1.29 is 24.2 Å². The highest BCUT2D eigenvalue weighted by atomic mass is 16.5. The molecule has 0 heterocycles. The van der Waals surface area contributed by atoms with Crippen LogP contribution in [0.2, 0.25) is 0 Å². The van der Waals surface area contributed by atoms with Gasteiger partial charge in [-0.25, -0.2) is 0 Å². The molecule has 0 aliphatic rings. The van der Waals surface area contributed by atoms with E-state index < -0.39 is 0 Å². The van der Waals surface area contributed by atoms with E-state index >= 15 is 0 Å². The van der Waals surface area contributed by atoms with Crippen molar-refractivity contribution in [2.24, 2.45) is 11.8 Å². The van der Waals surface area contributed by atoms with E-state index in [0.29, 0.717) is 44.4 Å². The second-order valence-corrected chi connectivity index (χ2v) is 14.5. The standard InChI is InChI=1S/C41H81NO5/c1-5-8-11-14-16-20-27-38(4)36-46-40(44)30-23-18-25-32-42(34-35-43)33-26-19-24-31-41(45)47-37-39(28-21-13-10-7-3)29-22-17-15-12-9-6-2/h38-39,43H,5-37H2,1-4H3. The fourth-order valence-corrected chi connectivity index (χ4v) is 6.37. The quantitative estimate of drug-likeness (QED) is 0.0525. The summed E-state index contributed by atoms with van der Waals surface area (Å²) in [5, 5.41) is 9.52. The third-order valence-corrected chi connectivity index (χ3v) is 9.62. The maximum atomic E-state index is 12.5. The molecule has 0 aromatic carbocycles. The van der Waals surface area contributed by atoms with Crippen LogP contribution in [-0.4, -0.2) is 61.4 Å². The third-order valence-electron chi connectivity index (χ3n) is 9.62. The van der Waals surface area contributed by atoms with Gasteiger partial charge in [-0.05, 0) is 69.9 Å². The highest BCUT2D eigenvalue weighted by molar-refractivity contribution is 5.69. The van der Waals surface area contributed by atoms with Crippen LogP contribution in [0, 0.1) is 11.8 Å². The number of hydrogen-bond acceptors (Lipinski definition) is 6. The van der Waals surface area contributed by atoms with Crippen LogP contribution in [0.15, 0.2) is 0 Å². The first kappa shape index (κ1) is 45.9. The highest BCUT2D eigenvalue weighted by Crippen LogP contribution is 2.20. The fraction of sp³-hybridized carbons (Fsp3) is 0.951. The molecule has 0 rings (SSSR count). The van der Waals surface area contributed by atoms with Crippen molar-refractivity contribution in [2.75, 3.05) is 39.5 Å². The van der Waals surface area contributed by atoms with Gasteiger partial charge in [0.15, 0.2) is 0 Å². The number of aliphatic hydroxyl groups is 1. The van der Waals surface area contributed by atoms with Crippen molar-refractivity contribution in [3.63, 3.8) is 0 Å². The zero-order chi connectivity index (χ0) is 34.6. The van der Waals surface area contributed by atoms with E-state index in [0.717, 1.165) is 58.0 Å². The molecule has 6 nitrogen and oxygen atoms in total. The lowest BCUT2D eigenvalue weighted by molar-refractivity contribution is -0.146. The van der Waals surface area contributed by atoms with Crippen molar-refractivity contribution in [3.8, 4) is 0 Å². The SMILES string of the molecule is CCCCCCCCC(C)COC(=O)CCCCCN(CCO)CCCCCC(=O)OCC(CCCCCC)CCCCCCCC. The third kappa shape index (κ3) is 33.1. The number of carbonyl (C=O) groups is 2. The van der Waals surface area contributed by atoms with E-state index in [-0.39, 0.29) is 18.5 Å². The van der Waals surface area contributed by atoms with Crippen LogP contribution in [0.1, 0.15) is 201 Å². The van der Waals surface area contributed by atoms with Crippen LogP contribution in [-0.2, 0) is 19.1 Å². The maximum Gasteiger partial charge on any atom is 0.305 e. The molecule has 1 N–H and O–H groups in total. The first-order valence-electron chi connectivity index (χ1n) is 20.6. The molecule has 0 bridgehead atoms. The Kier molecular flexibility index (Phi) is 35.3. The predicted octanol–water partition coefficient (Wildman–Crippen LogP) is 11.2. The minimum absolute atomic E-state index is 0.0375. The number of hydrogen-bond donors (Lipinski definition) is 1. The monoisotopic (exact) mass is 668 g/mol. The predicted molar refractivity (Wildman–Crippen MR) is 200 cm³/mol. The molecule has 0 radical (unpaired) electrons. The summed E-state index contributed by atoms with van der Waals surface area (Å²) in [6.07, 6.45) is 31.1. The van der Waals surface area contributed by atoms with Crippen molar-refractivity contribution in [3.05, 3.63) is 0 Å². The molecule has 0 aliphatic heterocycles. The van der Waals surface area contributed by atoms with Gasteiger partial charge in [-0.15, -0.1) is 0 Å². The Hall–Kier alpha value is -1.14. The van der Waals surface area contributed by atoms with Crippen LogP contribution in [0.3, 0.4) is 0 Å². The maximum absolute atomic E-state index is 12.5. The van der Waals surface area contributed by atoms with Gasteiger partial charge in [0, 0.05) is 19.4 Å². The number of rotatable bonds is 37. The van der Waals surface area contributed by atoms with Gasteiger partial charge in [-0.3, -0.25) is 9.59 Å². The molecule has 280 valence electrons. The molecule has 0 saturated heterocycles. The van der Waals surface area contributed by atoms with Crippen LogP contribution in [0.25, 0.3) is 0 Å². The lowest BCUT2D eigenvalue weighted by Gasteiger charge is -2.21. The summed E-state index contributed by atoms with van der Waals surface area (Å²) in [6, 6.07) is 0. The number of esters is 2. The van der Waals surface area contributed by atoms with Crippen LogP contribution in [0.4, 0.5) is 0 Å². The zero-order valence-electron chi connectivity index (χ0n) is 32.0. The van der Waals surface area contributed by atoms with Gasteiger partial charge in [0.2, 0.25) is 0 Å². The number of unbranched alkanes of at least 4 members (excludes halogenated alkanes) is 17. The smallest absolute Gasteiger partial charge is 0.305 e. The van der Waals surface area contributed by atoms with Crippen LogP contribution < -0.4 is 0 Å². The molecule has 0 spiro atoms. The number of aliphatic hydroxyl groups excluding tert-OH is 1. The Morgan fingerprint density at radius 1 is 0.511 bits per heavy atom. The highest BCUT2D eigenvalue weighted by Gasteiger charge is 2.13. The zero-order valence-corrected chi connectivity index (χ0v) is 32.0. The molecule has 0 fully saturated rings.